The predicted molar refractivity (Wildman–Crippen MR) is 78.2 cm³/mol. The maximum atomic E-state index is 10.2. The van der Waals surface area contributed by atoms with Gasteiger partial charge in [0.25, 0.3) is 0 Å². The number of hydrogen-bond donors (Lipinski definition) is 5. The van der Waals surface area contributed by atoms with Crippen LogP contribution in [-0.4, -0.2) is 59.0 Å². The molecule has 2 fully saturated rings. The second-order valence-corrected chi connectivity index (χ2v) is 6.60. The third-order valence-corrected chi connectivity index (χ3v) is 4.66. The van der Waals surface area contributed by atoms with E-state index in [2.05, 4.69) is 0 Å². The van der Waals surface area contributed by atoms with Crippen LogP contribution in [0.15, 0.2) is 0 Å². The van der Waals surface area contributed by atoms with Crippen LogP contribution in [0.3, 0.4) is 0 Å². The summed E-state index contributed by atoms with van der Waals surface area (Å²) in [5.41, 5.74) is 18.0. The van der Waals surface area contributed by atoms with Crippen molar-refractivity contribution in [2.45, 2.75) is 81.9 Å². The van der Waals surface area contributed by atoms with Crippen LogP contribution in [0, 0.1) is 5.92 Å². The van der Waals surface area contributed by atoms with Crippen molar-refractivity contribution in [3.05, 3.63) is 0 Å². The van der Waals surface area contributed by atoms with E-state index in [0.29, 0.717) is 6.42 Å². The summed E-state index contributed by atoms with van der Waals surface area (Å²) < 4.78 is 11.6. The van der Waals surface area contributed by atoms with Crippen LogP contribution in [0.4, 0.5) is 0 Å². The molecule has 0 aromatic rings. The van der Waals surface area contributed by atoms with Gasteiger partial charge in [-0.2, -0.15) is 0 Å². The summed E-state index contributed by atoms with van der Waals surface area (Å²) in [6, 6.07) is -0.750. The topological polar surface area (TPSA) is 137 Å². The lowest BCUT2D eigenvalue weighted by Crippen LogP contribution is -2.60. The summed E-state index contributed by atoms with van der Waals surface area (Å²) >= 11 is 0. The van der Waals surface area contributed by atoms with Crippen LogP contribution < -0.4 is 17.2 Å². The highest BCUT2D eigenvalue weighted by Gasteiger charge is 2.43. The van der Waals surface area contributed by atoms with Gasteiger partial charge in [-0.1, -0.05) is 6.92 Å². The van der Waals surface area contributed by atoms with Gasteiger partial charge in [0.15, 0.2) is 6.29 Å². The van der Waals surface area contributed by atoms with E-state index in [1.807, 2.05) is 13.8 Å². The molecule has 2 rings (SSSR count). The van der Waals surface area contributed by atoms with E-state index in [4.69, 9.17) is 26.7 Å². The van der Waals surface area contributed by atoms with Crippen molar-refractivity contribution in [1.29, 1.82) is 0 Å². The Morgan fingerprint density at radius 3 is 2.43 bits per heavy atom. The first kappa shape index (κ1) is 17.1. The lowest BCUT2D eigenvalue weighted by Gasteiger charge is -2.44. The first-order valence-corrected chi connectivity index (χ1v) is 7.75. The summed E-state index contributed by atoms with van der Waals surface area (Å²) in [5, 5.41) is 20.2. The molecule has 7 nitrogen and oxygen atoms in total. The number of rotatable bonds is 3. The highest BCUT2D eigenvalue weighted by Crippen LogP contribution is 2.29. The van der Waals surface area contributed by atoms with E-state index >= 15 is 0 Å². The van der Waals surface area contributed by atoms with Gasteiger partial charge in [-0.25, -0.2) is 0 Å². The van der Waals surface area contributed by atoms with Gasteiger partial charge in [0.05, 0.1) is 18.2 Å². The van der Waals surface area contributed by atoms with Gasteiger partial charge in [0.1, 0.15) is 12.2 Å². The minimum atomic E-state index is -1.03. The van der Waals surface area contributed by atoms with E-state index < -0.39 is 24.6 Å². The Morgan fingerprint density at radius 2 is 1.81 bits per heavy atom. The molecule has 1 aliphatic heterocycles. The molecule has 21 heavy (non-hydrogen) atoms. The zero-order valence-electron chi connectivity index (χ0n) is 12.8. The number of ether oxygens (including phenoxy) is 2. The molecule has 0 bridgehead atoms. The SMILES string of the molecule is CC(N)C1CCC(N)C(OC2C(N)CC(C)C(O)C2O)O1. The minimum absolute atomic E-state index is 0.0624. The van der Waals surface area contributed by atoms with Crippen molar-refractivity contribution in [2.75, 3.05) is 0 Å². The van der Waals surface area contributed by atoms with Crippen LogP contribution in [0.5, 0.6) is 0 Å². The van der Waals surface area contributed by atoms with Gasteiger partial charge in [0.2, 0.25) is 0 Å². The maximum absolute atomic E-state index is 10.2. The zero-order chi connectivity index (χ0) is 15.7. The van der Waals surface area contributed by atoms with E-state index in [9.17, 15) is 10.2 Å². The summed E-state index contributed by atoms with van der Waals surface area (Å²) in [5.74, 6) is -0.0624. The maximum Gasteiger partial charge on any atom is 0.173 e. The van der Waals surface area contributed by atoms with Crippen molar-refractivity contribution in [1.82, 2.24) is 0 Å². The quantitative estimate of drug-likeness (QED) is 0.434. The summed E-state index contributed by atoms with van der Waals surface area (Å²) in [7, 11) is 0. The molecular formula is C14H29N3O4. The summed E-state index contributed by atoms with van der Waals surface area (Å²) in [6.07, 6.45) is -1.21. The molecule has 0 aromatic carbocycles. The van der Waals surface area contributed by atoms with Crippen molar-refractivity contribution in [3.63, 3.8) is 0 Å². The third kappa shape index (κ3) is 3.73. The fourth-order valence-corrected chi connectivity index (χ4v) is 3.18. The molecule has 0 spiro atoms. The van der Waals surface area contributed by atoms with Gasteiger partial charge < -0.3 is 36.9 Å². The predicted octanol–water partition coefficient (Wildman–Crippen LogP) is -1.36. The van der Waals surface area contributed by atoms with Crippen LogP contribution >= 0.6 is 0 Å². The molecule has 1 saturated carbocycles. The standard InChI is InChI=1S/C14H29N3O4/c1-6-5-9(17)13(12(19)11(6)18)21-14-8(16)3-4-10(20-14)7(2)15/h6-14,18-19H,3-5,15-17H2,1-2H3. The van der Waals surface area contributed by atoms with Gasteiger partial charge >= 0.3 is 0 Å². The molecule has 1 saturated heterocycles. The summed E-state index contributed by atoms with van der Waals surface area (Å²) in [4.78, 5) is 0. The second-order valence-electron chi connectivity index (χ2n) is 6.60. The molecular weight excluding hydrogens is 274 g/mol. The largest absolute Gasteiger partial charge is 0.390 e. The molecule has 9 unspecified atom stereocenters. The van der Waals surface area contributed by atoms with Crippen molar-refractivity contribution < 1.29 is 19.7 Å². The second kappa shape index (κ2) is 6.87. The molecule has 1 heterocycles. The van der Waals surface area contributed by atoms with Crippen LogP contribution in [0.25, 0.3) is 0 Å². The molecule has 1 aliphatic carbocycles. The number of nitrogens with two attached hydrogens (primary N) is 3. The highest BCUT2D eigenvalue weighted by molar-refractivity contribution is 4.95. The molecule has 0 amide bonds. The number of aliphatic hydroxyl groups is 2. The Hall–Kier alpha value is -0.280. The highest BCUT2D eigenvalue weighted by atomic mass is 16.7. The van der Waals surface area contributed by atoms with Crippen LogP contribution in [-0.2, 0) is 9.47 Å². The fourth-order valence-electron chi connectivity index (χ4n) is 3.18. The number of aliphatic hydroxyl groups excluding tert-OH is 2. The monoisotopic (exact) mass is 303 g/mol. The zero-order valence-corrected chi connectivity index (χ0v) is 12.8. The van der Waals surface area contributed by atoms with Gasteiger partial charge in [-0.05, 0) is 32.1 Å². The summed E-state index contributed by atoms with van der Waals surface area (Å²) in [6.45, 7) is 3.74. The Labute approximate surface area is 125 Å². The van der Waals surface area contributed by atoms with Gasteiger partial charge in [-0.3, -0.25) is 0 Å². The first-order chi connectivity index (χ1) is 9.81. The van der Waals surface area contributed by atoms with Crippen molar-refractivity contribution in [3.8, 4) is 0 Å². The Kier molecular flexibility index (Phi) is 5.59. The van der Waals surface area contributed by atoms with E-state index in [0.717, 1.165) is 12.8 Å². The molecule has 9 atom stereocenters. The number of hydrogen-bond acceptors (Lipinski definition) is 7. The normalized spacial score (nSPS) is 49.9. The fraction of sp³-hybridized carbons (Fsp3) is 1.00. The van der Waals surface area contributed by atoms with Crippen LogP contribution in [0.2, 0.25) is 0 Å². The molecule has 7 heteroatoms. The third-order valence-electron chi connectivity index (χ3n) is 4.66. The first-order valence-electron chi connectivity index (χ1n) is 7.75. The Morgan fingerprint density at radius 1 is 1.14 bits per heavy atom. The molecule has 0 radical (unpaired) electrons. The molecule has 124 valence electrons. The lowest BCUT2D eigenvalue weighted by molar-refractivity contribution is -0.257. The van der Waals surface area contributed by atoms with E-state index in [-0.39, 0.29) is 30.1 Å². The average molecular weight is 303 g/mol. The average Bonchev–Trinajstić information content (AvgIpc) is 2.42. The van der Waals surface area contributed by atoms with Crippen molar-refractivity contribution in [2.24, 2.45) is 23.1 Å². The minimum Gasteiger partial charge on any atom is -0.390 e. The molecule has 8 N–H and O–H groups in total. The molecule has 2 aliphatic rings. The van der Waals surface area contributed by atoms with E-state index in [1.165, 1.54) is 0 Å². The van der Waals surface area contributed by atoms with Gasteiger partial charge in [0, 0.05) is 12.1 Å². The van der Waals surface area contributed by atoms with Crippen molar-refractivity contribution >= 4 is 0 Å². The Balaban J connectivity index is 2.01. The van der Waals surface area contributed by atoms with Gasteiger partial charge in [-0.15, -0.1) is 0 Å². The van der Waals surface area contributed by atoms with E-state index in [1.54, 1.807) is 0 Å². The smallest absolute Gasteiger partial charge is 0.173 e. The Bertz CT molecular complexity index is 344. The lowest BCUT2D eigenvalue weighted by atomic mass is 9.81. The van der Waals surface area contributed by atoms with Crippen LogP contribution in [0.1, 0.15) is 33.1 Å². The molecule has 0 aromatic heterocycles.